The van der Waals surface area contributed by atoms with Gasteiger partial charge in [-0.25, -0.2) is 0 Å². The number of aromatic nitrogens is 1. The maximum absolute atomic E-state index is 4.62. The second kappa shape index (κ2) is 6.75. The molecular formula is C17H22BrN3. The number of piperidine rings is 1. The van der Waals surface area contributed by atoms with Crippen LogP contribution in [0.15, 0.2) is 34.9 Å². The number of nitrogens with zero attached hydrogens (tertiary/aromatic N) is 2. The van der Waals surface area contributed by atoms with E-state index < -0.39 is 0 Å². The highest BCUT2D eigenvalue weighted by Crippen LogP contribution is 2.28. The Morgan fingerprint density at radius 3 is 2.90 bits per heavy atom. The van der Waals surface area contributed by atoms with Gasteiger partial charge < -0.3 is 10.2 Å². The van der Waals surface area contributed by atoms with E-state index in [9.17, 15) is 0 Å². The van der Waals surface area contributed by atoms with Crippen LogP contribution in [-0.4, -0.2) is 30.7 Å². The molecule has 1 saturated heterocycles. The zero-order valence-corrected chi connectivity index (χ0v) is 14.1. The minimum absolute atomic E-state index is 0.679. The summed E-state index contributed by atoms with van der Waals surface area (Å²) >= 11 is 3.50. The zero-order chi connectivity index (χ0) is 14.7. The number of rotatable bonds is 4. The summed E-state index contributed by atoms with van der Waals surface area (Å²) in [5, 5.41) is 4.84. The molecule has 1 N–H and O–H groups in total. The summed E-state index contributed by atoms with van der Waals surface area (Å²) in [5.74, 6) is 0. The molecule has 1 aliphatic rings. The lowest BCUT2D eigenvalue weighted by molar-refractivity contribution is 0.416. The second-order valence-electron chi connectivity index (χ2n) is 5.72. The van der Waals surface area contributed by atoms with Gasteiger partial charge in [0.15, 0.2) is 0 Å². The second-order valence-corrected chi connectivity index (χ2v) is 6.63. The first-order valence-corrected chi connectivity index (χ1v) is 8.60. The summed E-state index contributed by atoms with van der Waals surface area (Å²) in [5.41, 5.74) is 2.38. The van der Waals surface area contributed by atoms with Crippen molar-refractivity contribution in [2.24, 2.45) is 0 Å². The number of fused-ring (bicyclic) bond motifs is 1. The van der Waals surface area contributed by atoms with Gasteiger partial charge in [0.05, 0.1) is 11.2 Å². The Balaban J connectivity index is 1.76. The van der Waals surface area contributed by atoms with Crippen molar-refractivity contribution in [3.8, 4) is 0 Å². The van der Waals surface area contributed by atoms with Gasteiger partial charge in [-0.1, -0.05) is 19.1 Å². The summed E-state index contributed by atoms with van der Waals surface area (Å²) in [7, 11) is 0. The van der Waals surface area contributed by atoms with Crippen LogP contribution in [0.2, 0.25) is 0 Å². The Morgan fingerprint density at radius 2 is 2.14 bits per heavy atom. The standard InChI is InChI=1S/C17H22BrN3/c1-2-8-19-15-6-9-21(10-7-15)16-5-3-4-13-11-14(18)12-20-17(13)16/h3-5,11-12,15,19H,2,6-10H2,1H3. The first-order chi connectivity index (χ1) is 10.3. The summed E-state index contributed by atoms with van der Waals surface area (Å²) in [6.07, 6.45) is 5.53. The van der Waals surface area contributed by atoms with Crippen LogP contribution in [0.25, 0.3) is 10.9 Å². The molecule has 3 rings (SSSR count). The van der Waals surface area contributed by atoms with Crippen LogP contribution in [0.3, 0.4) is 0 Å². The van der Waals surface area contributed by atoms with Crippen LogP contribution in [0.1, 0.15) is 26.2 Å². The van der Waals surface area contributed by atoms with Crippen molar-refractivity contribution in [2.75, 3.05) is 24.5 Å². The van der Waals surface area contributed by atoms with Gasteiger partial charge in [-0.3, -0.25) is 4.98 Å². The Hall–Kier alpha value is -1.13. The number of anilines is 1. The monoisotopic (exact) mass is 347 g/mol. The Labute approximate surface area is 134 Å². The molecule has 0 aliphatic carbocycles. The van der Waals surface area contributed by atoms with Gasteiger partial charge >= 0.3 is 0 Å². The molecule has 1 aromatic carbocycles. The normalized spacial score (nSPS) is 16.6. The van der Waals surface area contributed by atoms with Crippen molar-refractivity contribution in [1.29, 1.82) is 0 Å². The first-order valence-electron chi connectivity index (χ1n) is 7.80. The average Bonchev–Trinajstić information content (AvgIpc) is 2.52. The fourth-order valence-corrected chi connectivity index (χ4v) is 3.40. The van der Waals surface area contributed by atoms with E-state index >= 15 is 0 Å². The Kier molecular flexibility index (Phi) is 4.76. The number of hydrogen-bond acceptors (Lipinski definition) is 3. The predicted octanol–water partition coefficient (Wildman–Crippen LogP) is 3.97. The summed E-state index contributed by atoms with van der Waals surface area (Å²) in [4.78, 5) is 7.10. The lowest BCUT2D eigenvalue weighted by Crippen LogP contribution is -2.42. The summed E-state index contributed by atoms with van der Waals surface area (Å²) in [6.45, 7) is 5.58. The fraction of sp³-hybridized carbons (Fsp3) is 0.471. The van der Waals surface area contributed by atoms with Crippen molar-refractivity contribution in [2.45, 2.75) is 32.2 Å². The van der Waals surface area contributed by atoms with Gasteiger partial charge in [-0.15, -0.1) is 0 Å². The molecule has 21 heavy (non-hydrogen) atoms. The van der Waals surface area contributed by atoms with Crippen LogP contribution in [0.4, 0.5) is 5.69 Å². The topological polar surface area (TPSA) is 28.2 Å². The summed E-state index contributed by atoms with van der Waals surface area (Å²) in [6, 6.07) is 9.28. The molecule has 0 bridgehead atoms. The summed E-state index contributed by atoms with van der Waals surface area (Å²) < 4.78 is 1.04. The molecule has 2 aromatic rings. The predicted molar refractivity (Wildman–Crippen MR) is 93.0 cm³/mol. The van der Waals surface area contributed by atoms with E-state index in [0.29, 0.717) is 6.04 Å². The van der Waals surface area contributed by atoms with Gasteiger partial charge in [-0.05, 0) is 53.9 Å². The molecule has 112 valence electrons. The molecule has 1 aliphatic heterocycles. The molecule has 0 unspecified atom stereocenters. The van der Waals surface area contributed by atoms with Gasteiger partial charge in [-0.2, -0.15) is 0 Å². The van der Waals surface area contributed by atoms with E-state index in [4.69, 9.17) is 0 Å². The molecule has 0 radical (unpaired) electrons. The third-order valence-electron chi connectivity index (χ3n) is 4.17. The molecule has 0 spiro atoms. The maximum atomic E-state index is 4.62. The molecule has 4 heteroatoms. The largest absolute Gasteiger partial charge is 0.370 e. The van der Waals surface area contributed by atoms with Gasteiger partial charge in [0.1, 0.15) is 0 Å². The molecular weight excluding hydrogens is 326 g/mol. The number of para-hydroxylation sites is 1. The fourth-order valence-electron chi connectivity index (χ4n) is 3.05. The van der Waals surface area contributed by atoms with E-state index in [0.717, 1.165) is 29.6 Å². The highest BCUT2D eigenvalue weighted by Gasteiger charge is 2.20. The van der Waals surface area contributed by atoms with Crippen molar-refractivity contribution in [3.05, 3.63) is 34.9 Å². The van der Waals surface area contributed by atoms with Crippen LogP contribution in [-0.2, 0) is 0 Å². The molecule has 0 saturated carbocycles. The molecule has 2 heterocycles. The number of nitrogens with one attached hydrogen (secondary N) is 1. The van der Waals surface area contributed by atoms with Crippen molar-refractivity contribution >= 4 is 32.5 Å². The van der Waals surface area contributed by atoms with Crippen LogP contribution in [0, 0.1) is 0 Å². The molecule has 1 fully saturated rings. The average molecular weight is 348 g/mol. The van der Waals surface area contributed by atoms with Crippen LogP contribution < -0.4 is 10.2 Å². The van der Waals surface area contributed by atoms with E-state index in [2.05, 4.69) is 62.3 Å². The SMILES string of the molecule is CCCNC1CCN(c2cccc3cc(Br)cnc23)CC1. The Bertz CT molecular complexity index is 606. The highest BCUT2D eigenvalue weighted by atomic mass is 79.9. The molecule has 3 nitrogen and oxygen atoms in total. The third kappa shape index (κ3) is 3.38. The molecule has 0 atom stereocenters. The molecule has 0 amide bonds. The minimum atomic E-state index is 0.679. The molecule has 1 aromatic heterocycles. The van der Waals surface area contributed by atoms with Gasteiger partial charge in [0.25, 0.3) is 0 Å². The maximum Gasteiger partial charge on any atom is 0.0936 e. The lowest BCUT2D eigenvalue weighted by atomic mass is 10.0. The van der Waals surface area contributed by atoms with Crippen LogP contribution >= 0.6 is 15.9 Å². The van der Waals surface area contributed by atoms with Crippen molar-refractivity contribution in [1.82, 2.24) is 10.3 Å². The minimum Gasteiger partial charge on any atom is -0.370 e. The third-order valence-corrected chi connectivity index (χ3v) is 4.61. The lowest BCUT2D eigenvalue weighted by Gasteiger charge is -2.34. The van der Waals surface area contributed by atoms with Crippen molar-refractivity contribution in [3.63, 3.8) is 0 Å². The quantitative estimate of drug-likeness (QED) is 0.906. The van der Waals surface area contributed by atoms with Crippen molar-refractivity contribution < 1.29 is 0 Å². The number of benzene rings is 1. The van der Waals surface area contributed by atoms with Gasteiger partial charge in [0, 0.05) is 35.2 Å². The number of hydrogen-bond donors (Lipinski definition) is 1. The first kappa shape index (κ1) is 14.8. The van der Waals surface area contributed by atoms with Crippen LogP contribution in [0.5, 0.6) is 0 Å². The van der Waals surface area contributed by atoms with E-state index in [-0.39, 0.29) is 0 Å². The number of pyridine rings is 1. The van der Waals surface area contributed by atoms with E-state index in [1.165, 1.54) is 30.3 Å². The van der Waals surface area contributed by atoms with E-state index in [1.807, 2.05) is 6.20 Å². The van der Waals surface area contributed by atoms with E-state index in [1.54, 1.807) is 0 Å². The van der Waals surface area contributed by atoms with Gasteiger partial charge in [0.2, 0.25) is 0 Å². The zero-order valence-electron chi connectivity index (χ0n) is 12.5. The number of halogens is 1. The highest BCUT2D eigenvalue weighted by molar-refractivity contribution is 9.10. The Morgan fingerprint density at radius 1 is 1.33 bits per heavy atom. The smallest absolute Gasteiger partial charge is 0.0936 e.